The molecular weight excluding hydrogens is 260 g/mol. The number of nitrogens with zero attached hydrogens (tertiary/aromatic N) is 4. The molecule has 0 spiro atoms. The fourth-order valence-corrected chi connectivity index (χ4v) is 2.62. The Morgan fingerprint density at radius 3 is 2.85 bits per heavy atom. The van der Waals surface area contributed by atoms with Crippen molar-refractivity contribution in [2.75, 3.05) is 13.2 Å². The smallest absolute Gasteiger partial charge is 0.305 e. The van der Waals surface area contributed by atoms with Crippen molar-refractivity contribution < 1.29 is 14.6 Å². The molecule has 1 fully saturated rings. The molecule has 0 radical (unpaired) electrons. The van der Waals surface area contributed by atoms with Crippen LogP contribution >= 0.6 is 0 Å². The monoisotopic (exact) mass is 282 g/mol. The standard InChI is InChI=1S/C13H22N4O3/c1-13(2,3)7-10(6-11(18)19)17-12(14-15-16-17)9-4-5-20-8-9/h9-10H,4-8H2,1-3H3,(H,18,19). The van der Waals surface area contributed by atoms with E-state index in [1.807, 2.05) is 0 Å². The van der Waals surface area contributed by atoms with Crippen molar-refractivity contribution in [1.29, 1.82) is 0 Å². The number of carboxylic acids is 1. The van der Waals surface area contributed by atoms with Crippen molar-refractivity contribution in [3.63, 3.8) is 0 Å². The zero-order valence-electron chi connectivity index (χ0n) is 12.2. The van der Waals surface area contributed by atoms with Gasteiger partial charge >= 0.3 is 5.97 Å². The Bertz CT molecular complexity index is 460. The van der Waals surface area contributed by atoms with Gasteiger partial charge in [-0.1, -0.05) is 20.8 Å². The molecule has 1 aliphatic rings. The molecule has 1 N–H and O–H groups in total. The number of carboxylic acid groups (broad SMARTS) is 1. The van der Waals surface area contributed by atoms with Crippen molar-refractivity contribution in [1.82, 2.24) is 20.2 Å². The van der Waals surface area contributed by atoms with E-state index >= 15 is 0 Å². The molecule has 0 bridgehead atoms. The molecule has 2 rings (SSSR count). The SMILES string of the molecule is CC(C)(C)CC(CC(=O)O)n1nnnc1C1CCOC1. The van der Waals surface area contributed by atoms with Gasteiger partial charge in [-0.05, 0) is 28.7 Å². The van der Waals surface area contributed by atoms with Crippen LogP contribution in [0.25, 0.3) is 0 Å². The summed E-state index contributed by atoms with van der Waals surface area (Å²) in [6.45, 7) is 7.58. The molecule has 1 saturated heterocycles. The Balaban J connectivity index is 2.23. The summed E-state index contributed by atoms with van der Waals surface area (Å²) in [5.74, 6) is 0.0858. The van der Waals surface area contributed by atoms with Gasteiger partial charge in [0, 0.05) is 12.5 Å². The number of aliphatic carboxylic acids is 1. The summed E-state index contributed by atoms with van der Waals surface area (Å²) >= 11 is 0. The Morgan fingerprint density at radius 1 is 1.55 bits per heavy atom. The second-order valence-electron chi connectivity index (χ2n) is 6.56. The molecule has 1 aliphatic heterocycles. The number of ether oxygens (including phenoxy) is 1. The van der Waals surface area contributed by atoms with Crippen molar-refractivity contribution >= 4 is 5.97 Å². The predicted molar refractivity (Wildman–Crippen MR) is 71.4 cm³/mol. The lowest BCUT2D eigenvalue weighted by molar-refractivity contribution is -0.138. The normalized spacial score (nSPS) is 21.1. The summed E-state index contributed by atoms with van der Waals surface area (Å²) in [5.41, 5.74) is 0.00944. The third kappa shape index (κ3) is 3.75. The van der Waals surface area contributed by atoms with Gasteiger partial charge in [0.15, 0.2) is 5.82 Å². The first kappa shape index (κ1) is 14.9. The largest absolute Gasteiger partial charge is 0.481 e. The summed E-state index contributed by atoms with van der Waals surface area (Å²) in [6.07, 6.45) is 1.63. The molecule has 0 aliphatic carbocycles. The quantitative estimate of drug-likeness (QED) is 0.882. The van der Waals surface area contributed by atoms with Gasteiger partial charge in [0.1, 0.15) is 0 Å². The lowest BCUT2D eigenvalue weighted by atomic mass is 9.87. The summed E-state index contributed by atoms with van der Waals surface area (Å²) in [5, 5.41) is 21.0. The average Bonchev–Trinajstić information content (AvgIpc) is 2.96. The molecule has 7 nitrogen and oxygen atoms in total. The van der Waals surface area contributed by atoms with Gasteiger partial charge in [0.05, 0.1) is 19.1 Å². The second kappa shape index (κ2) is 5.87. The minimum atomic E-state index is -0.830. The highest BCUT2D eigenvalue weighted by atomic mass is 16.5. The number of rotatable bonds is 5. The van der Waals surface area contributed by atoms with Crippen LogP contribution in [-0.2, 0) is 9.53 Å². The van der Waals surface area contributed by atoms with Crippen LogP contribution in [0.3, 0.4) is 0 Å². The Morgan fingerprint density at radius 2 is 2.30 bits per heavy atom. The molecule has 2 unspecified atom stereocenters. The van der Waals surface area contributed by atoms with Crippen molar-refractivity contribution in [2.24, 2.45) is 5.41 Å². The van der Waals surface area contributed by atoms with E-state index in [-0.39, 0.29) is 23.8 Å². The lowest BCUT2D eigenvalue weighted by Crippen LogP contribution is -2.24. The van der Waals surface area contributed by atoms with Gasteiger partial charge in [-0.3, -0.25) is 4.79 Å². The number of aromatic nitrogens is 4. The van der Waals surface area contributed by atoms with Gasteiger partial charge in [0.25, 0.3) is 0 Å². The lowest BCUT2D eigenvalue weighted by Gasteiger charge is -2.26. The van der Waals surface area contributed by atoms with Crippen LogP contribution in [0.4, 0.5) is 0 Å². The van der Waals surface area contributed by atoms with E-state index < -0.39 is 5.97 Å². The van der Waals surface area contributed by atoms with E-state index in [1.165, 1.54) is 0 Å². The minimum absolute atomic E-state index is 0.00944. The van der Waals surface area contributed by atoms with E-state index in [2.05, 4.69) is 36.3 Å². The number of tetrazole rings is 1. The van der Waals surface area contributed by atoms with Gasteiger partial charge in [-0.25, -0.2) is 4.68 Å². The summed E-state index contributed by atoms with van der Waals surface area (Å²) < 4.78 is 7.07. The maximum Gasteiger partial charge on any atom is 0.305 e. The van der Waals surface area contributed by atoms with Crippen molar-refractivity contribution in [3.8, 4) is 0 Å². The van der Waals surface area contributed by atoms with E-state index in [0.29, 0.717) is 19.6 Å². The van der Waals surface area contributed by atoms with Crippen molar-refractivity contribution in [3.05, 3.63) is 5.82 Å². The number of hydrogen-bond acceptors (Lipinski definition) is 5. The zero-order chi connectivity index (χ0) is 14.8. The second-order valence-corrected chi connectivity index (χ2v) is 6.56. The molecule has 20 heavy (non-hydrogen) atoms. The van der Waals surface area contributed by atoms with Crippen LogP contribution in [0, 0.1) is 5.41 Å². The van der Waals surface area contributed by atoms with Crippen LogP contribution in [-0.4, -0.2) is 44.5 Å². The zero-order valence-corrected chi connectivity index (χ0v) is 12.2. The van der Waals surface area contributed by atoms with Gasteiger partial charge in [0.2, 0.25) is 0 Å². The maximum atomic E-state index is 11.1. The Kier molecular flexibility index (Phi) is 4.37. The third-order valence-electron chi connectivity index (χ3n) is 3.42. The first-order valence-electron chi connectivity index (χ1n) is 6.94. The molecule has 7 heteroatoms. The van der Waals surface area contributed by atoms with Crippen LogP contribution in [0.15, 0.2) is 0 Å². The fourth-order valence-electron chi connectivity index (χ4n) is 2.62. The Hall–Kier alpha value is -1.50. The Labute approximate surface area is 118 Å². The molecule has 1 aromatic rings. The van der Waals surface area contributed by atoms with Gasteiger partial charge < -0.3 is 9.84 Å². The maximum absolute atomic E-state index is 11.1. The topological polar surface area (TPSA) is 90.1 Å². The average molecular weight is 282 g/mol. The molecular formula is C13H22N4O3. The summed E-state index contributed by atoms with van der Waals surface area (Å²) in [6, 6.07) is -0.224. The van der Waals surface area contributed by atoms with E-state index in [1.54, 1.807) is 4.68 Å². The highest BCUT2D eigenvalue weighted by molar-refractivity contribution is 5.67. The molecule has 1 aromatic heterocycles. The fraction of sp³-hybridized carbons (Fsp3) is 0.846. The first-order valence-corrected chi connectivity index (χ1v) is 6.94. The van der Waals surface area contributed by atoms with Gasteiger partial charge in [-0.15, -0.1) is 5.10 Å². The predicted octanol–water partition coefficient (Wildman–Crippen LogP) is 1.63. The molecule has 2 atom stereocenters. The van der Waals surface area contributed by atoms with E-state index in [4.69, 9.17) is 9.84 Å². The highest BCUT2D eigenvalue weighted by Gasteiger charge is 2.30. The van der Waals surface area contributed by atoms with Crippen LogP contribution in [0.2, 0.25) is 0 Å². The minimum Gasteiger partial charge on any atom is -0.481 e. The van der Waals surface area contributed by atoms with Gasteiger partial charge in [-0.2, -0.15) is 0 Å². The van der Waals surface area contributed by atoms with Crippen LogP contribution in [0.1, 0.15) is 57.8 Å². The first-order chi connectivity index (χ1) is 9.37. The molecule has 2 heterocycles. The molecule has 112 valence electrons. The van der Waals surface area contributed by atoms with Crippen LogP contribution in [0.5, 0.6) is 0 Å². The highest BCUT2D eigenvalue weighted by Crippen LogP contribution is 2.32. The van der Waals surface area contributed by atoms with E-state index in [9.17, 15) is 4.79 Å². The number of carbonyl (C=O) groups is 1. The third-order valence-corrected chi connectivity index (χ3v) is 3.42. The summed E-state index contributed by atoms with van der Waals surface area (Å²) in [7, 11) is 0. The molecule has 0 saturated carbocycles. The molecule has 0 aromatic carbocycles. The van der Waals surface area contributed by atoms with Crippen molar-refractivity contribution in [2.45, 2.75) is 52.0 Å². The van der Waals surface area contributed by atoms with Crippen LogP contribution < -0.4 is 0 Å². The summed E-state index contributed by atoms with van der Waals surface area (Å²) in [4.78, 5) is 11.1. The van der Waals surface area contributed by atoms with E-state index in [0.717, 1.165) is 12.2 Å². The number of hydrogen-bond donors (Lipinski definition) is 1. The molecule has 0 amide bonds.